The molecular weight excluding hydrogens is 186 g/mol. The number of carboxylic acid groups (broad SMARTS) is 1. The van der Waals surface area contributed by atoms with Crippen LogP contribution in [0.4, 0.5) is 8.78 Å². The molecule has 74 valence electrons. The van der Waals surface area contributed by atoms with Crippen LogP contribution in [0.5, 0.6) is 0 Å². The number of aliphatic hydroxyl groups excluding tert-OH is 1. The molecule has 1 saturated carbocycles. The van der Waals surface area contributed by atoms with Gasteiger partial charge in [-0.25, -0.2) is 8.78 Å². The highest BCUT2D eigenvalue weighted by Gasteiger charge is 2.66. The molecule has 0 spiro atoms. The first-order chi connectivity index (χ1) is 6.04. The molecule has 2 N–H and O–H groups in total. The van der Waals surface area contributed by atoms with Crippen molar-refractivity contribution in [1.29, 1.82) is 0 Å². The molecule has 1 aliphatic heterocycles. The van der Waals surface area contributed by atoms with Crippen molar-refractivity contribution < 1.29 is 28.5 Å². The third kappa shape index (κ3) is 1.13. The van der Waals surface area contributed by atoms with Gasteiger partial charge in [-0.1, -0.05) is 0 Å². The number of alkyl halides is 2. The number of carbonyl (C=O) groups is 1. The van der Waals surface area contributed by atoms with Crippen molar-refractivity contribution in [3.63, 3.8) is 0 Å². The summed E-state index contributed by atoms with van der Waals surface area (Å²) in [7, 11) is 0. The molecule has 2 fully saturated rings. The van der Waals surface area contributed by atoms with E-state index >= 15 is 0 Å². The third-order valence-corrected chi connectivity index (χ3v) is 2.63. The summed E-state index contributed by atoms with van der Waals surface area (Å²) in [4.78, 5) is 10.5. The number of aliphatic carboxylic acids is 1. The fourth-order valence-electron chi connectivity index (χ4n) is 1.94. The molecule has 5 unspecified atom stereocenters. The van der Waals surface area contributed by atoms with Gasteiger partial charge in [0.2, 0.25) is 6.43 Å². The molecule has 1 saturated heterocycles. The van der Waals surface area contributed by atoms with Crippen molar-refractivity contribution in [1.82, 2.24) is 0 Å². The summed E-state index contributed by atoms with van der Waals surface area (Å²) in [6.45, 7) is 0. The highest BCUT2D eigenvalue weighted by molar-refractivity contribution is 5.73. The van der Waals surface area contributed by atoms with E-state index < -0.39 is 42.5 Å². The lowest BCUT2D eigenvalue weighted by Crippen LogP contribution is -2.35. The Morgan fingerprint density at radius 1 is 1.38 bits per heavy atom. The fourth-order valence-corrected chi connectivity index (χ4v) is 1.94. The topological polar surface area (TPSA) is 70.1 Å². The first kappa shape index (κ1) is 8.83. The average Bonchev–Trinajstić information content (AvgIpc) is 2.62. The normalized spacial score (nSPS) is 47.8. The summed E-state index contributed by atoms with van der Waals surface area (Å²) in [5, 5.41) is 17.8. The second kappa shape index (κ2) is 2.62. The van der Waals surface area contributed by atoms with Crippen LogP contribution < -0.4 is 0 Å². The van der Waals surface area contributed by atoms with Crippen LogP contribution in [0.1, 0.15) is 0 Å². The maximum absolute atomic E-state index is 12.3. The maximum atomic E-state index is 12.3. The quantitative estimate of drug-likeness (QED) is 0.592. The minimum absolute atomic E-state index is 0.716. The molecule has 0 amide bonds. The molecule has 4 nitrogen and oxygen atoms in total. The number of ether oxygens (including phenoxy) is 1. The highest BCUT2D eigenvalue weighted by atomic mass is 19.3. The standard InChI is InChI=1S/C7H8F2O4/c8-6(9)1-3(10)2(7(11)12)5-4(1)13-5/h1-6,10H,(H,11,12). The van der Waals surface area contributed by atoms with Gasteiger partial charge in [-0.05, 0) is 0 Å². The Kier molecular flexibility index (Phi) is 1.78. The predicted molar refractivity (Wildman–Crippen MR) is 35.3 cm³/mol. The van der Waals surface area contributed by atoms with Gasteiger partial charge in [-0.2, -0.15) is 0 Å². The van der Waals surface area contributed by atoms with Crippen molar-refractivity contribution in [2.24, 2.45) is 11.8 Å². The Labute approximate surface area is 72.1 Å². The minimum Gasteiger partial charge on any atom is -0.481 e. The average molecular weight is 194 g/mol. The van der Waals surface area contributed by atoms with Gasteiger partial charge < -0.3 is 14.9 Å². The molecule has 1 heterocycles. The predicted octanol–water partition coefficient (Wildman–Crippen LogP) is -0.290. The zero-order valence-electron chi connectivity index (χ0n) is 6.43. The summed E-state index contributed by atoms with van der Waals surface area (Å²) in [6.07, 6.45) is -5.70. The van der Waals surface area contributed by atoms with Crippen LogP contribution in [0.2, 0.25) is 0 Å². The van der Waals surface area contributed by atoms with Gasteiger partial charge in [0.05, 0.1) is 18.1 Å². The first-order valence-corrected chi connectivity index (χ1v) is 3.88. The third-order valence-electron chi connectivity index (χ3n) is 2.63. The number of hydrogen-bond acceptors (Lipinski definition) is 3. The van der Waals surface area contributed by atoms with Gasteiger partial charge >= 0.3 is 5.97 Å². The van der Waals surface area contributed by atoms with E-state index in [0.717, 1.165) is 0 Å². The first-order valence-electron chi connectivity index (χ1n) is 3.88. The molecular formula is C7H8F2O4. The Morgan fingerprint density at radius 3 is 2.31 bits per heavy atom. The number of fused-ring (bicyclic) bond motifs is 1. The lowest BCUT2D eigenvalue weighted by atomic mass is 10.00. The number of halogens is 2. The van der Waals surface area contributed by atoms with Crippen LogP contribution >= 0.6 is 0 Å². The van der Waals surface area contributed by atoms with Crippen LogP contribution in [-0.4, -0.2) is 40.9 Å². The number of rotatable bonds is 2. The molecule has 5 atom stereocenters. The van der Waals surface area contributed by atoms with Crippen LogP contribution in [-0.2, 0) is 9.53 Å². The minimum atomic E-state index is -2.73. The molecule has 2 rings (SSSR count). The molecule has 0 bridgehead atoms. The van der Waals surface area contributed by atoms with Crippen LogP contribution in [0.3, 0.4) is 0 Å². The molecule has 0 aromatic rings. The Hall–Kier alpha value is -0.750. The van der Waals surface area contributed by atoms with Crippen LogP contribution in [0.25, 0.3) is 0 Å². The highest BCUT2D eigenvalue weighted by Crippen LogP contribution is 2.49. The van der Waals surface area contributed by atoms with Crippen molar-refractivity contribution >= 4 is 5.97 Å². The van der Waals surface area contributed by atoms with E-state index in [0.29, 0.717) is 0 Å². The summed E-state index contributed by atoms with van der Waals surface area (Å²) in [5.41, 5.74) is 0. The molecule has 0 aromatic heterocycles. The number of aliphatic hydroxyl groups is 1. The second-order valence-electron chi connectivity index (χ2n) is 3.33. The van der Waals surface area contributed by atoms with E-state index in [1.54, 1.807) is 0 Å². The monoisotopic (exact) mass is 194 g/mol. The summed E-state index contributed by atoms with van der Waals surface area (Å²) in [6, 6.07) is 0. The largest absolute Gasteiger partial charge is 0.481 e. The van der Waals surface area contributed by atoms with Gasteiger partial charge in [0.25, 0.3) is 0 Å². The van der Waals surface area contributed by atoms with Gasteiger partial charge in [-0.15, -0.1) is 0 Å². The van der Waals surface area contributed by atoms with E-state index in [1.807, 2.05) is 0 Å². The Morgan fingerprint density at radius 2 is 2.00 bits per heavy atom. The van der Waals surface area contributed by atoms with Gasteiger partial charge in [0.1, 0.15) is 12.0 Å². The Bertz CT molecular complexity index is 245. The lowest BCUT2D eigenvalue weighted by Gasteiger charge is -2.19. The molecule has 0 aromatic carbocycles. The fraction of sp³-hybridized carbons (Fsp3) is 0.857. The van der Waals surface area contributed by atoms with Crippen molar-refractivity contribution in [2.75, 3.05) is 0 Å². The number of carboxylic acids is 1. The SMILES string of the molecule is O=C(O)C1C(O)C(C(F)F)C2OC21. The van der Waals surface area contributed by atoms with E-state index in [4.69, 9.17) is 9.84 Å². The second-order valence-corrected chi connectivity index (χ2v) is 3.33. The molecule has 2 aliphatic rings. The number of epoxide rings is 1. The van der Waals surface area contributed by atoms with E-state index in [9.17, 15) is 18.7 Å². The van der Waals surface area contributed by atoms with E-state index in [2.05, 4.69) is 0 Å². The van der Waals surface area contributed by atoms with Gasteiger partial charge in [-0.3, -0.25) is 4.79 Å². The summed E-state index contributed by atoms with van der Waals surface area (Å²) in [5.74, 6) is -3.81. The van der Waals surface area contributed by atoms with Crippen molar-refractivity contribution in [3.8, 4) is 0 Å². The smallest absolute Gasteiger partial charge is 0.311 e. The summed E-state index contributed by atoms with van der Waals surface area (Å²) < 4.78 is 29.3. The zero-order chi connectivity index (χ0) is 9.75. The van der Waals surface area contributed by atoms with Crippen LogP contribution in [0, 0.1) is 11.8 Å². The Balaban J connectivity index is 2.16. The van der Waals surface area contributed by atoms with E-state index in [1.165, 1.54) is 0 Å². The molecule has 0 radical (unpaired) electrons. The van der Waals surface area contributed by atoms with Gasteiger partial charge in [0.15, 0.2) is 0 Å². The molecule has 6 heteroatoms. The van der Waals surface area contributed by atoms with Gasteiger partial charge in [0, 0.05) is 0 Å². The van der Waals surface area contributed by atoms with Crippen LogP contribution in [0.15, 0.2) is 0 Å². The number of hydrogen-bond donors (Lipinski definition) is 2. The molecule has 13 heavy (non-hydrogen) atoms. The van der Waals surface area contributed by atoms with E-state index in [-0.39, 0.29) is 0 Å². The molecule has 1 aliphatic carbocycles. The maximum Gasteiger partial charge on any atom is 0.311 e. The lowest BCUT2D eigenvalue weighted by molar-refractivity contribution is -0.149. The zero-order valence-corrected chi connectivity index (χ0v) is 6.43. The van der Waals surface area contributed by atoms with Crippen molar-refractivity contribution in [3.05, 3.63) is 0 Å². The summed E-state index contributed by atoms with van der Waals surface area (Å²) >= 11 is 0. The van der Waals surface area contributed by atoms with Crippen molar-refractivity contribution in [2.45, 2.75) is 24.7 Å².